The maximum Gasteiger partial charge on any atom is 0.416 e. The molecule has 108 valence electrons. The highest BCUT2D eigenvalue weighted by atomic mass is 19.4. The molecule has 0 unspecified atom stereocenters. The highest BCUT2D eigenvalue weighted by Gasteiger charge is 2.30. The van der Waals surface area contributed by atoms with E-state index in [1.165, 1.54) is 12.1 Å². The summed E-state index contributed by atoms with van der Waals surface area (Å²) in [5, 5.41) is 0. The molecule has 0 aliphatic carbocycles. The predicted octanol–water partition coefficient (Wildman–Crippen LogP) is 2.20. The normalized spacial score (nSPS) is 12.0. The number of nitrogens with one attached hydrogen (secondary N) is 1. The van der Waals surface area contributed by atoms with Gasteiger partial charge in [-0.25, -0.2) is 4.98 Å². The summed E-state index contributed by atoms with van der Waals surface area (Å²) in [6.45, 7) is 0. The Balaban J connectivity index is 2.06. The van der Waals surface area contributed by atoms with Crippen molar-refractivity contribution < 1.29 is 13.2 Å². The van der Waals surface area contributed by atoms with Crippen LogP contribution in [0.2, 0.25) is 0 Å². The van der Waals surface area contributed by atoms with E-state index in [1.807, 2.05) is 0 Å². The molecular weight excluding hydrogens is 285 g/mol. The van der Waals surface area contributed by atoms with Gasteiger partial charge in [0.25, 0.3) is 0 Å². The molecule has 0 aliphatic rings. The minimum atomic E-state index is -4.38. The third-order valence-corrected chi connectivity index (χ3v) is 2.87. The lowest BCUT2D eigenvalue weighted by atomic mass is 10.1. The van der Waals surface area contributed by atoms with Crippen molar-refractivity contribution in [1.29, 1.82) is 0 Å². The van der Waals surface area contributed by atoms with Crippen LogP contribution in [0.4, 0.5) is 24.9 Å². The van der Waals surface area contributed by atoms with E-state index in [1.54, 1.807) is 0 Å². The predicted molar refractivity (Wildman–Crippen MR) is 70.9 cm³/mol. The number of alkyl halides is 3. The van der Waals surface area contributed by atoms with Crippen LogP contribution < -0.4 is 11.5 Å². The molecule has 0 aliphatic heterocycles. The van der Waals surface area contributed by atoms with E-state index in [0.29, 0.717) is 22.6 Å². The molecule has 3 rings (SSSR count). The van der Waals surface area contributed by atoms with Gasteiger partial charge in [-0.3, -0.25) is 0 Å². The minimum Gasteiger partial charge on any atom is -0.382 e. The largest absolute Gasteiger partial charge is 0.416 e. The van der Waals surface area contributed by atoms with E-state index in [9.17, 15) is 13.2 Å². The fourth-order valence-electron chi connectivity index (χ4n) is 1.89. The topological polar surface area (TPSA) is 106 Å². The van der Waals surface area contributed by atoms with Gasteiger partial charge >= 0.3 is 6.18 Å². The highest BCUT2D eigenvalue weighted by Crippen LogP contribution is 2.31. The second-order valence-electron chi connectivity index (χ2n) is 4.32. The molecule has 0 saturated carbocycles. The van der Waals surface area contributed by atoms with E-state index in [0.717, 1.165) is 12.1 Å². The minimum absolute atomic E-state index is 0.0115. The Morgan fingerprint density at radius 1 is 0.952 bits per heavy atom. The molecule has 1 aromatic carbocycles. The standard InChI is InChI=1S/C12H9F3N6/c13-12(14,15)6-3-1-5(2-4-6)9-18-7-8(16)19-11(17)21-10(7)20-9/h1-4H,(H5,16,17,18,19,20,21). The number of nitrogens with zero attached hydrogens (tertiary/aromatic N) is 3. The highest BCUT2D eigenvalue weighted by molar-refractivity contribution is 5.85. The molecule has 2 aromatic heterocycles. The number of rotatable bonds is 1. The van der Waals surface area contributed by atoms with Crippen LogP contribution in [0.25, 0.3) is 22.6 Å². The summed E-state index contributed by atoms with van der Waals surface area (Å²) in [4.78, 5) is 14.7. The average molecular weight is 294 g/mol. The van der Waals surface area contributed by atoms with Crippen molar-refractivity contribution in [3.05, 3.63) is 29.8 Å². The van der Waals surface area contributed by atoms with E-state index in [2.05, 4.69) is 19.9 Å². The smallest absolute Gasteiger partial charge is 0.382 e. The number of aromatic amines is 1. The van der Waals surface area contributed by atoms with Crippen molar-refractivity contribution in [3.63, 3.8) is 0 Å². The van der Waals surface area contributed by atoms with Gasteiger partial charge in [-0.05, 0) is 12.1 Å². The summed E-state index contributed by atoms with van der Waals surface area (Å²) in [7, 11) is 0. The van der Waals surface area contributed by atoms with Gasteiger partial charge in [0.2, 0.25) is 5.95 Å². The number of imidazole rings is 1. The number of hydrogen-bond donors (Lipinski definition) is 3. The third kappa shape index (κ3) is 2.33. The maximum absolute atomic E-state index is 12.5. The van der Waals surface area contributed by atoms with Crippen LogP contribution in [0.15, 0.2) is 24.3 Å². The van der Waals surface area contributed by atoms with E-state index in [-0.39, 0.29) is 11.8 Å². The van der Waals surface area contributed by atoms with Crippen molar-refractivity contribution in [2.75, 3.05) is 11.5 Å². The zero-order valence-corrected chi connectivity index (χ0v) is 10.4. The Labute approximate surface area is 116 Å². The van der Waals surface area contributed by atoms with Crippen molar-refractivity contribution in [2.45, 2.75) is 6.18 Å². The van der Waals surface area contributed by atoms with Crippen LogP contribution in [0.3, 0.4) is 0 Å². The molecule has 0 spiro atoms. The Morgan fingerprint density at radius 3 is 2.24 bits per heavy atom. The molecule has 2 heterocycles. The number of nitrogen functional groups attached to an aromatic ring is 2. The lowest BCUT2D eigenvalue weighted by Crippen LogP contribution is -2.04. The molecule has 3 aromatic rings. The van der Waals surface area contributed by atoms with Gasteiger partial charge in [0.05, 0.1) is 5.56 Å². The third-order valence-electron chi connectivity index (χ3n) is 2.87. The lowest BCUT2D eigenvalue weighted by molar-refractivity contribution is -0.137. The monoisotopic (exact) mass is 294 g/mol. The van der Waals surface area contributed by atoms with Crippen molar-refractivity contribution in [1.82, 2.24) is 19.9 Å². The van der Waals surface area contributed by atoms with Gasteiger partial charge in [-0.1, -0.05) is 12.1 Å². The number of H-pyrrole nitrogens is 1. The second kappa shape index (κ2) is 4.33. The number of anilines is 2. The molecular formula is C12H9F3N6. The summed E-state index contributed by atoms with van der Waals surface area (Å²) < 4.78 is 37.5. The fourth-order valence-corrected chi connectivity index (χ4v) is 1.89. The molecule has 0 saturated heterocycles. The van der Waals surface area contributed by atoms with Crippen LogP contribution in [0.5, 0.6) is 0 Å². The van der Waals surface area contributed by atoms with Gasteiger partial charge in [0, 0.05) is 5.56 Å². The van der Waals surface area contributed by atoms with Crippen molar-refractivity contribution >= 4 is 22.9 Å². The number of hydrogen-bond acceptors (Lipinski definition) is 5. The molecule has 0 radical (unpaired) electrons. The SMILES string of the molecule is Nc1nc(N)c2nc(-c3ccc(C(F)(F)F)cc3)[nH]c2n1. The average Bonchev–Trinajstić information content (AvgIpc) is 2.82. The van der Waals surface area contributed by atoms with Crippen LogP contribution in [0, 0.1) is 0 Å². The number of fused-ring (bicyclic) bond motifs is 1. The van der Waals surface area contributed by atoms with Gasteiger partial charge in [0.1, 0.15) is 5.82 Å². The van der Waals surface area contributed by atoms with Crippen LogP contribution >= 0.6 is 0 Å². The first-order valence-corrected chi connectivity index (χ1v) is 5.81. The Kier molecular flexibility index (Phi) is 2.71. The number of halogens is 3. The van der Waals surface area contributed by atoms with Crippen LogP contribution in [-0.4, -0.2) is 19.9 Å². The van der Waals surface area contributed by atoms with E-state index >= 15 is 0 Å². The molecule has 5 N–H and O–H groups in total. The molecule has 0 bridgehead atoms. The number of aromatic nitrogens is 4. The zero-order valence-electron chi connectivity index (χ0n) is 10.4. The van der Waals surface area contributed by atoms with Crippen molar-refractivity contribution in [3.8, 4) is 11.4 Å². The molecule has 0 amide bonds. The fraction of sp³-hybridized carbons (Fsp3) is 0.0833. The van der Waals surface area contributed by atoms with Crippen molar-refractivity contribution in [2.24, 2.45) is 0 Å². The summed E-state index contributed by atoms with van der Waals surface area (Å²) in [6, 6.07) is 4.58. The Morgan fingerprint density at radius 2 is 1.62 bits per heavy atom. The van der Waals surface area contributed by atoms with E-state index in [4.69, 9.17) is 11.5 Å². The quantitative estimate of drug-likeness (QED) is 0.638. The van der Waals surface area contributed by atoms with Gasteiger partial charge in [-0.2, -0.15) is 23.1 Å². The summed E-state index contributed by atoms with van der Waals surface area (Å²) in [6.07, 6.45) is -4.38. The first kappa shape index (κ1) is 13.2. The summed E-state index contributed by atoms with van der Waals surface area (Å²) in [5.74, 6) is 0.430. The number of benzene rings is 1. The lowest BCUT2D eigenvalue weighted by Gasteiger charge is -2.06. The first-order valence-electron chi connectivity index (χ1n) is 5.81. The summed E-state index contributed by atoms with van der Waals surface area (Å²) >= 11 is 0. The molecule has 21 heavy (non-hydrogen) atoms. The van der Waals surface area contributed by atoms with Crippen LogP contribution in [0.1, 0.15) is 5.56 Å². The van der Waals surface area contributed by atoms with Gasteiger partial charge in [0.15, 0.2) is 17.0 Å². The Hall–Kier alpha value is -2.84. The van der Waals surface area contributed by atoms with Gasteiger partial charge in [-0.15, -0.1) is 0 Å². The first-order chi connectivity index (χ1) is 9.84. The Bertz CT molecular complexity index is 806. The second-order valence-corrected chi connectivity index (χ2v) is 4.32. The molecule has 9 heteroatoms. The number of nitrogens with two attached hydrogens (primary N) is 2. The summed E-state index contributed by atoms with van der Waals surface area (Å²) in [5.41, 5.74) is 11.5. The van der Waals surface area contributed by atoms with Crippen LogP contribution in [-0.2, 0) is 6.18 Å². The molecule has 0 atom stereocenters. The zero-order chi connectivity index (χ0) is 15.2. The molecule has 6 nitrogen and oxygen atoms in total. The maximum atomic E-state index is 12.5. The van der Waals surface area contributed by atoms with E-state index < -0.39 is 11.7 Å². The van der Waals surface area contributed by atoms with Gasteiger partial charge < -0.3 is 16.5 Å². The molecule has 0 fully saturated rings.